The zero-order valence-electron chi connectivity index (χ0n) is 13.4. The van der Waals surface area contributed by atoms with Crippen molar-refractivity contribution in [3.05, 3.63) is 54.1 Å². The Morgan fingerprint density at radius 3 is 2.52 bits per heavy atom. The van der Waals surface area contributed by atoms with E-state index in [1.54, 1.807) is 24.3 Å². The van der Waals surface area contributed by atoms with Gasteiger partial charge in [-0.2, -0.15) is 0 Å². The molecule has 0 amide bonds. The lowest BCUT2D eigenvalue weighted by Crippen LogP contribution is -2.39. The molecule has 0 fully saturated rings. The lowest BCUT2D eigenvalue weighted by atomic mass is 9.96. The van der Waals surface area contributed by atoms with E-state index in [-0.39, 0.29) is 0 Å². The van der Waals surface area contributed by atoms with E-state index in [9.17, 15) is 8.42 Å². The summed E-state index contributed by atoms with van der Waals surface area (Å²) in [6, 6.07) is 14.4. The molecule has 0 saturated heterocycles. The monoisotopic (exact) mass is 331 g/mol. The van der Waals surface area contributed by atoms with Gasteiger partial charge in [0.15, 0.2) is 0 Å². The molecule has 23 heavy (non-hydrogen) atoms. The SMILES string of the molecule is CCOc1ccc(S(=O)(=O)N2CC(C)Cc3ccccc32)cc1. The smallest absolute Gasteiger partial charge is 0.264 e. The minimum Gasteiger partial charge on any atom is -0.494 e. The molecule has 2 aromatic rings. The lowest BCUT2D eigenvalue weighted by Gasteiger charge is -2.33. The van der Waals surface area contributed by atoms with E-state index in [0.29, 0.717) is 29.7 Å². The average molecular weight is 331 g/mol. The Balaban J connectivity index is 1.99. The maximum absolute atomic E-state index is 13.0. The molecular weight excluding hydrogens is 310 g/mol. The van der Waals surface area contributed by atoms with E-state index >= 15 is 0 Å². The summed E-state index contributed by atoms with van der Waals surface area (Å²) in [5.74, 6) is 0.973. The highest BCUT2D eigenvalue weighted by atomic mass is 32.2. The van der Waals surface area contributed by atoms with Crippen LogP contribution in [-0.2, 0) is 16.4 Å². The molecule has 1 heterocycles. The molecule has 3 rings (SSSR count). The summed E-state index contributed by atoms with van der Waals surface area (Å²) in [5, 5.41) is 0. The normalized spacial score (nSPS) is 17.7. The van der Waals surface area contributed by atoms with Gasteiger partial charge in [-0.15, -0.1) is 0 Å². The highest BCUT2D eigenvalue weighted by Crippen LogP contribution is 2.34. The number of rotatable bonds is 4. The topological polar surface area (TPSA) is 46.6 Å². The third-order valence-corrected chi connectivity index (χ3v) is 5.82. The highest BCUT2D eigenvalue weighted by Gasteiger charge is 2.31. The zero-order valence-corrected chi connectivity index (χ0v) is 14.2. The van der Waals surface area contributed by atoms with Crippen LogP contribution >= 0.6 is 0 Å². The molecule has 1 aliphatic rings. The Hall–Kier alpha value is -2.01. The number of hydrogen-bond donors (Lipinski definition) is 0. The van der Waals surface area contributed by atoms with E-state index in [1.165, 1.54) is 4.31 Å². The van der Waals surface area contributed by atoms with Crippen molar-refractivity contribution in [2.45, 2.75) is 25.2 Å². The first-order chi connectivity index (χ1) is 11.0. The standard InChI is InChI=1S/C18H21NO3S/c1-3-22-16-8-10-17(11-9-16)23(20,21)19-13-14(2)12-15-6-4-5-7-18(15)19/h4-11,14H,3,12-13H2,1-2H3. The Morgan fingerprint density at radius 2 is 1.83 bits per heavy atom. The van der Waals surface area contributed by atoms with Crippen LogP contribution in [0.25, 0.3) is 0 Å². The van der Waals surface area contributed by atoms with Crippen molar-refractivity contribution in [2.75, 3.05) is 17.5 Å². The van der Waals surface area contributed by atoms with Gasteiger partial charge in [0.05, 0.1) is 17.2 Å². The molecule has 0 radical (unpaired) electrons. The van der Waals surface area contributed by atoms with E-state index in [1.807, 2.05) is 31.2 Å². The van der Waals surface area contributed by atoms with Crippen molar-refractivity contribution in [1.29, 1.82) is 0 Å². The molecule has 1 aliphatic heterocycles. The molecule has 0 bridgehead atoms. The molecule has 0 spiro atoms. The number of nitrogens with zero attached hydrogens (tertiary/aromatic N) is 1. The molecule has 0 aromatic heterocycles. The van der Waals surface area contributed by atoms with Gasteiger partial charge in [-0.05, 0) is 55.2 Å². The fraction of sp³-hybridized carbons (Fsp3) is 0.333. The minimum atomic E-state index is -3.56. The van der Waals surface area contributed by atoms with Gasteiger partial charge in [0.25, 0.3) is 10.0 Å². The molecule has 0 N–H and O–H groups in total. The van der Waals surface area contributed by atoms with Crippen LogP contribution in [0.4, 0.5) is 5.69 Å². The third-order valence-electron chi connectivity index (χ3n) is 4.03. The minimum absolute atomic E-state index is 0.294. The number of para-hydroxylation sites is 1. The molecule has 0 saturated carbocycles. The Kier molecular flexibility index (Phi) is 4.31. The predicted octanol–water partition coefficient (Wildman–Crippen LogP) is 3.47. The number of ether oxygens (including phenoxy) is 1. The van der Waals surface area contributed by atoms with Crippen LogP contribution in [0.1, 0.15) is 19.4 Å². The Morgan fingerprint density at radius 1 is 1.13 bits per heavy atom. The van der Waals surface area contributed by atoms with Crippen molar-refractivity contribution in [1.82, 2.24) is 0 Å². The summed E-state index contributed by atoms with van der Waals surface area (Å²) in [5.41, 5.74) is 1.88. The van der Waals surface area contributed by atoms with Crippen LogP contribution in [-0.4, -0.2) is 21.6 Å². The third kappa shape index (κ3) is 3.06. The van der Waals surface area contributed by atoms with Crippen molar-refractivity contribution >= 4 is 15.7 Å². The van der Waals surface area contributed by atoms with Gasteiger partial charge in [-0.3, -0.25) is 4.31 Å². The summed E-state index contributed by atoms with van der Waals surface area (Å²) >= 11 is 0. The summed E-state index contributed by atoms with van der Waals surface area (Å²) in [6.45, 7) is 5.04. The first-order valence-electron chi connectivity index (χ1n) is 7.86. The predicted molar refractivity (Wildman–Crippen MR) is 91.5 cm³/mol. The van der Waals surface area contributed by atoms with Crippen LogP contribution in [0.15, 0.2) is 53.4 Å². The average Bonchev–Trinajstić information content (AvgIpc) is 2.55. The molecule has 2 aromatic carbocycles. The first kappa shape index (κ1) is 15.9. The van der Waals surface area contributed by atoms with Gasteiger partial charge in [-0.1, -0.05) is 25.1 Å². The number of fused-ring (bicyclic) bond motifs is 1. The van der Waals surface area contributed by atoms with Crippen molar-refractivity contribution < 1.29 is 13.2 Å². The van der Waals surface area contributed by atoms with Crippen LogP contribution < -0.4 is 9.04 Å². The fourth-order valence-corrected chi connectivity index (χ4v) is 4.60. The van der Waals surface area contributed by atoms with Crippen LogP contribution in [0.5, 0.6) is 5.75 Å². The van der Waals surface area contributed by atoms with E-state index in [4.69, 9.17) is 4.74 Å². The van der Waals surface area contributed by atoms with Crippen molar-refractivity contribution in [3.8, 4) is 5.75 Å². The van der Waals surface area contributed by atoms with Crippen LogP contribution in [0.2, 0.25) is 0 Å². The van der Waals surface area contributed by atoms with E-state index in [0.717, 1.165) is 17.7 Å². The van der Waals surface area contributed by atoms with Gasteiger partial charge in [0.2, 0.25) is 0 Å². The lowest BCUT2D eigenvalue weighted by molar-refractivity contribution is 0.340. The second kappa shape index (κ2) is 6.24. The summed E-state index contributed by atoms with van der Waals surface area (Å²) in [4.78, 5) is 0.296. The van der Waals surface area contributed by atoms with Crippen LogP contribution in [0.3, 0.4) is 0 Å². The van der Waals surface area contributed by atoms with Gasteiger partial charge in [0.1, 0.15) is 5.75 Å². The quantitative estimate of drug-likeness (QED) is 0.862. The number of hydrogen-bond acceptors (Lipinski definition) is 3. The second-order valence-corrected chi connectivity index (χ2v) is 7.74. The Bertz CT molecular complexity index is 784. The van der Waals surface area contributed by atoms with Crippen molar-refractivity contribution in [3.63, 3.8) is 0 Å². The highest BCUT2D eigenvalue weighted by molar-refractivity contribution is 7.92. The molecule has 0 aliphatic carbocycles. The molecule has 5 heteroatoms. The number of anilines is 1. The first-order valence-corrected chi connectivity index (χ1v) is 9.30. The largest absolute Gasteiger partial charge is 0.494 e. The fourth-order valence-electron chi connectivity index (χ4n) is 2.98. The molecule has 1 atom stereocenters. The van der Waals surface area contributed by atoms with Gasteiger partial charge >= 0.3 is 0 Å². The maximum atomic E-state index is 13.0. The summed E-state index contributed by atoms with van der Waals surface area (Å²) in [7, 11) is -3.56. The number of benzene rings is 2. The van der Waals surface area contributed by atoms with Crippen LogP contribution in [0, 0.1) is 5.92 Å². The summed E-state index contributed by atoms with van der Waals surface area (Å²) < 4.78 is 33.0. The zero-order chi connectivity index (χ0) is 16.4. The molecular formula is C18H21NO3S. The number of sulfonamides is 1. The van der Waals surface area contributed by atoms with Gasteiger partial charge in [-0.25, -0.2) is 8.42 Å². The Labute approximate surface area is 137 Å². The van der Waals surface area contributed by atoms with Gasteiger partial charge < -0.3 is 4.74 Å². The van der Waals surface area contributed by atoms with Gasteiger partial charge in [0, 0.05) is 6.54 Å². The maximum Gasteiger partial charge on any atom is 0.264 e. The molecule has 1 unspecified atom stereocenters. The second-order valence-electron chi connectivity index (χ2n) is 5.88. The van der Waals surface area contributed by atoms with E-state index in [2.05, 4.69) is 6.92 Å². The molecule has 122 valence electrons. The van der Waals surface area contributed by atoms with Crippen molar-refractivity contribution in [2.24, 2.45) is 5.92 Å². The molecule has 4 nitrogen and oxygen atoms in total. The summed E-state index contributed by atoms with van der Waals surface area (Å²) in [6.07, 6.45) is 0.908. The van der Waals surface area contributed by atoms with E-state index < -0.39 is 10.0 Å².